The number of hydrogen-bond acceptors (Lipinski definition) is 8. The Morgan fingerprint density at radius 2 is 1.70 bits per heavy atom. The van der Waals surface area contributed by atoms with E-state index in [1.54, 1.807) is 30.3 Å². The number of nitrogens with one attached hydrogen (secondary N) is 1. The van der Waals surface area contributed by atoms with Crippen molar-refractivity contribution in [3.05, 3.63) is 88.6 Å². The highest BCUT2D eigenvalue weighted by molar-refractivity contribution is 7.91. The SMILES string of the molecule is CN1CCN(c2cccc(C(=O)Nn3ncc4cc(S(=O)(=O)c5ccccc5)ccc43)c2[N+](=O)[O-])CC1. The first-order valence-electron chi connectivity index (χ1n) is 11.6. The summed E-state index contributed by atoms with van der Waals surface area (Å²) in [5, 5.41) is 16.7. The highest BCUT2D eigenvalue weighted by Gasteiger charge is 2.29. The van der Waals surface area contributed by atoms with Gasteiger partial charge in [-0.3, -0.25) is 14.9 Å². The topological polar surface area (TPSA) is 131 Å². The van der Waals surface area contributed by atoms with E-state index in [4.69, 9.17) is 0 Å². The lowest BCUT2D eigenvalue weighted by atomic mass is 10.1. The van der Waals surface area contributed by atoms with Crippen LogP contribution in [-0.2, 0) is 9.84 Å². The zero-order chi connectivity index (χ0) is 26.2. The van der Waals surface area contributed by atoms with Crippen molar-refractivity contribution in [2.24, 2.45) is 0 Å². The van der Waals surface area contributed by atoms with Gasteiger partial charge in [0.2, 0.25) is 9.84 Å². The van der Waals surface area contributed by atoms with Crippen molar-refractivity contribution in [2.75, 3.05) is 43.6 Å². The lowest BCUT2D eigenvalue weighted by molar-refractivity contribution is -0.384. The second kappa shape index (κ2) is 9.64. The molecule has 2 heterocycles. The van der Waals surface area contributed by atoms with E-state index in [2.05, 4.69) is 15.4 Å². The predicted molar refractivity (Wildman–Crippen MR) is 138 cm³/mol. The van der Waals surface area contributed by atoms with Gasteiger partial charge in [-0.2, -0.15) is 9.89 Å². The lowest BCUT2D eigenvalue weighted by Gasteiger charge is -2.33. The molecule has 11 nitrogen and oxygen atoms in total. The molecule has 12 heteroatoms. The zero-order valence-corrected chi connectivity index (χ0v) is 20.8. The Hall–Kier alpha value is -4.29. The van der Waals surface area contributed by atoms with Gasteiger partial charge in [0.15, 0.2) is 0 Å². The minimum Gasteiger partial charge on any atom is -0.363 e. The van der Waals surface area contributed by atoms with E-state index in [1.165, 1.54) is 47.4 Å². The molecule has 37 heavy (non-hydrogen) atoms. The number of anilines is 1. The lowest BCUT2D eigenvalue weighted by Crippen LogP contribution is -2.44. The molecule has 0 radical (unpaired) electrons. The average molecular weight is 521 g/mol. The van der Waals surface area contributed by atoms with Gasteiger partial charge in [0, 0.05) is 31.6 Å². The van der Waals surface area contributed by atoms with Crippen molar-refractivity contribution >= 4 is 38.0 Å². The summed E-state index contributed by atoms with van der Waals surface area (Å²) in [7, 11) is -1.74. The van der Waals surface area contributed by atoms with Crippen molar-refractivity contribution in [3.63, 3.8) is 0 Å². The predicted octanol–water partition coefficient (Wildman–Crippen LogP) is 2.91. The largest absolute Gasteiger partial charge is 0.363 e. The first kappa shape index (κ1) is 24.4. The second-order valence-electron chi connectivity index (χ2n) is 8.76. The van der Waals surface area contributed by atoms with Crippen LogP contribution in [0.1, 0.15) is 10.4 Å². The summed E-state index contributed by atoms with van der Waals surface area (Å²) < 4.78 is 25.9. The maximum absolute atomic E-state index is 13.2. The minimum atomic E-state index is -3.73. The molecule has 1 aliphatic heterocycles. The summed E-state index contributed by atoms with van der Waals surface area (Å²) in [5.74, 6) is -0.700. The van der Waals surface area contributed by atoms with Crippen LogP contribution in [0.4, 0.5) is 11.4 Å². The van der Waals surface area contributed by atoms with E-state index >= 15 is 0 Å². The van der Waals surface area contributed by atoms with Crippen molar-refractivity contribution in [1.82, 2.24) is 14.8 Å². The molecule has 1 aliphatic rings. The second-order valence-corrected chi connectivity index (χ2v) is 10.7. The van der Waals surface area contributed by atoms with Crippen LogP contribution in [0.5, 0.6) is 0 Å². The molecule has 1 aromatic heterocycles. The van der Waals surface area contributed by atoms with Crippen molar-refractivity contribution < 1.29 is 18.1 Å². The van der Waals surface area contributed by atoms with Gasteiger partial charge in [-0.15, -0.1) is 0 Å². The third-order valence-corrected chi connectivity index (χ3v) is 8.16. The number of hydrogen-bond donors (Lipinski definition) is 1. The number of nitro groups is 1. The van der Waals surface area contributed by atoms with Gasteiger partial charge in [-0.05, 0) is 49.5 Å². The number of carbonyl (C=O) groups is 1. The number of piperazine rings is 1. The van der Waals surface area contributed by atoms with Crippen LogP contribution < -0.4 is 10.3 Å². The molecule has 1 saturated heterocycles. The summed E-state index contributed by atoms with van der Waals surface area (Å²) >= 11 is 0. The molecule has 1 N–H and O–H groups in total. The summed E-state index contributed by atoms with van der Waals surface area (Å²) in [6.45, 7) is 2.74. The Morgan fingerprint density at radius 3 is 2.41 bits per heavy atom. The minimum absolute atomic E-state index is 0.0895. The summed E-state index contributed by atoms with van der Waals surface area (Å²) in [6.07, 6.45) is 1.43. The number of carbonyl (C=O) groups excluding carboxylic acids is 1. The number of benzene rings is 3. The number of likely N-dealkylation sites (N-methyl/N-ethyl adjacent to an activating group) is 1. The van der Waals surface area contributed by atoms with Crippen LogP contribution in [0, 0.1) is 10.1 Å². The first-order chi connectivity index (χ1) is 17.8. The van der Waals surface area contributed by atoms with Gasteiger partial charge in [-0.1, -0.05) is 24.3 Å². The Kier molecular flexibility index (Phi) is 6.36. The number of fused-ring (bicyclic) bond motifs is 1. The first-order valence-corrected chi connectivity index (χ1v) is 13.0. The van der Waals surface area contributed by atoms with Gasteiger partial charge in [-0.25, -0.2) is 13.8 Å². The molecule has 1 amide bonds. The van der Waals surface area contributed by atoms with E-state index in [1.807, 2.05) is 11.9 Å². The van der Waals surface area contributed by atoms with Crippen molar-refractivity contribution in [2.45, 2.75) is 9.79 Å². The molecular weight excluding hydrogens is 496 g/mol. The van der Waals surface area contributed by atoms with Gasteiger partial charge in [0.05, 0.1) is 26.4 Å². The van der Waals surface area contributed by atoms with Crippen LogP contribution in [0.2, 0.25) is 0 Å². The smallest absolute Gasteiger partial charge is 0.305 e. The van der Waals surface area contributed by atoms with Gasteiger partial charge in [0.1, 0.15) is 11.3 Å². The number of para-hydroxylation sites is 1. The van der Waals surface area contributed by atoms with E-state index in [0.717, 1.165) is 13.1 Å². The molecule has 0 spiro atoms. The average Bonchev–Trinajstić information content (AvgIpc) is 3.31. The normalized spacial score (nSPS) is 14.6. The summed E-state index contributed by atoms with van der Waals surface area (Å²) in [6, 6.07) is 17.2. The quantitative estimate of drug-likeness (QED) is 0.303. The van der Waals surface area contributed by atoms with Crippen LogP contribution in [0.3, 0.4) is 0 Å². The van der Waals surface area contributed by atoms with E-state index in [-0.39, 0.29) is 21.0 Å². The number of sulfone groups is 1. The Balaban J connectivity index is 1.44. The molecule has 0 saturated carbocycles. The molecule has 1 fully saturated rings. The van der Waals surface area contributed by atoms with Crippen LogP contribution >= 0.6 is 0 Å². The number of amides is 1. The van der Waals surface area contributed by atoms with E-state index in [9.17, 15) is 23.3 Å². The highest BCUT2D eigenvalue weighted by atomic mass is 32.2. The highest BCUT2D eigenvalue weighted by Crippen LogP contribution is 2.33. The third-order valence-electron chi connectivity index (χ3n) is 6.40. The van der Waals surface area contributed by atoms with Gasteiger partial charge in [0.25, 0.3) is 5.91 Å². The fourth-order valence-corrected chi connectivity index (χ4v) is 5.69. The fourth-order valence-electron chi connectivity index (χ4n) is 4.37. The van der Waals surface area contributed by atoms with Crippen molar-refractivity contribution in [1.29, 1.82) is 0 Å². The molecular formula is C25H24N6O5S. The summed E-state index contributed by atoms with van der Waals surface area (Å²) in [5.41, 5.74) is 3.07. The zero-order valence-electron chi connectivity index (χ0n) is 19.9. The molecule has 0 atom stereocenters. The fraction of sp³-hybridized carbons (Fsp3) is 0.200. The monoisotopic (exact) mass is 520 g/mol. The van der Waals surface area contributed by atoms with E-state index < -0.39 is 20.7 Å². The number of rotatable bonds is 6. The molecule has 0 unspecified atom stereocenters. The Bertz CT molecular complexity index is 1590. The van der Waals surface area contributed by atoms with Gasteiger partial charge < -0.3 is 9.80 Å². The molecule has 5 rings (SSSR count). The van der Waals surface area contributed by atoms with Crippen LogP contribution in [0.25, 0.3) is 10.9 Å². The van der Waals surface area contributed by atoms with E-state index in [0.29, 0.717) is 29.7 Å². The van der Waals surface area contributed by atoms with Crippen LogP contribution in [-0.4, -0.2) is 67.3 Å². The molecule has 3 aromatic carbocycles. The Labute approximate surface area is 212 Å². The molecule has 190 valence electrons. The third kappa shape index (κ3) is 4.63. The molecule has 0 aliphatic carbocycles. The molecule has 0 bridgehead atoms. The van der Waals surface area contributed by atoms with Crippen LogP contribution in [0.15, 0.2) is 82.7 Å². The standard InChI is InChI=1S/C25H24N6O5S/c1-28-12-14-29(15-13-28)23-9-5-8-21(24(23)31(33)34)25(32)27-30-22-11-10-20(16-18(22)17-26-30)37(35,36)19-6-3-2-4-7-19/h2-11,16-17H,12-15H2,1H3,(H,27,32). The maximum Gasteiger partial charge on any atom is 0.305 e. The van der Waals surface area contributed by atoms with Crippen molar-refractivity contribution in [3.8, 4) is 0 Å². The number of nitro benzene ring substituents is 1. The Morgan fingerprint density at radius 1 is 0.973 bits per heavy atom. The number of nitrogens with zero attached hydrogens (tertiary/aromatic N) is 5. The number of aromatic nitrogens is 2. The molecule has 4 aromatic rings. The maximum atomic E-state index is 13.2. The summed E-state index contributed by atoms with van der Waals surface area (Å²) in [4.78, 5) is 30.2. The van der Waals surface area contributed by atoms with Gasteiger partial charge >= 0.3 is 5.69 Å².